The van der Waals surface area contributed by atoms with E-state index < -0.39 is 5.82 Å². The third kappa shape index (κ3) is 2.88. The Balaban J connectivity index is 2.42. The van der Waals surface area contributed by atoms with Crippen molar-refractivity contribution in [2.24, 2.45) is 5.73 Å². The van der Waals surface area contributed by atoms with Gasteiger partial charge in [0.15, 0.2) is 5.82 Å². The number of benzene rings is 2. The van der Waals surface area contributed by atoms with E-state index in [-0.39, 0.29) is 5.69 Å². The fourth-order valence-electron chi connectivity index (χ4n) is 1.76. The quantitative estimate of drug-likeness (QED) is 0.647. The topological polar surface area (TPSA) is 52.0 Å². The maximum Gasteiger partial charge on any atom is 0.153 e. The molecule has 0 unspecified atom stereocenters. The van der Waals surface area contributed by atoms with Crippen LogP contribution in [0.15, 0.2) is 36.4 Å². The predicted octanol–water partition coefficient (Wildman–Crippen LogP) is 3.83. The van der Waals surface area contributed by atoms with E-state index in [0.29, 0.717) is 16.3 Å². The fourth-order valence-corrected chi connectivity index (χ4v) is 1.87. The van der Waals surface area contributed by atoms with Crippen LogP contribution in [0.1, 0.15) is 16.7 Å². The minimum atomic E-state index is -0.462. The van der Waals surface area contributed by atoms with E-state index in [1.807, 2.05) is 13.0 Å². The third-order valence-corrected chi connectivity index (χ3v) is 3.28. The minimum absolute atomic E-state index is 0.105. The van der Waals surface area contributed by atoms with Crippen molar-refractivity contribution in [1.82, 2.24) is 0 Å². The largest absolute Gasteiger partial charge is 0.398 e. The first-order valence-electron chi connectivity index (χ1n) is 5.76. The summed E-state index contributed by atoms with van der Waals surface area (Å²) in [6, 6.07) is 10.2. The summed E-state index contributed by atoms with van der Waals surface area (Å²) in [6.07, 6.45) is 1.56. The first kappa shape index (κ1) is 13.4. The van der Waals surface area contributed by atoms with E-state index >= 15 is 0 Å². The summed E-state index contributed by atoms with van der Waals surface area (Å²) >= 11 is 5.95. The molecule has 2 aromatic rings. The molecule has 0 aliphatic rings. The van der Waals surface area contributed by atoms with Gasteiger partial charge in [-0.25, -0.2) is 4.39 Å². The lowest BCUT2D eigenvalue weighted by Crippen LogP contribution is -1.98. The van der Waals surface area contributed by atoms with Gasteiger partial charge in [0.05, 0.1) is 5.69 Å². The molecule has 2 nitrogen and oxygen atoms in total. The van der Waals surface area contributed by atoms with Crippen LogP contribution in [0.3, 0.4) is 0 Å². The van der Waals surface area contributed by atoms with Crippen LogP contribution in [-0.4, -0.2) is 0 Å². The molecule has 0 amide bonds. The van der Waals surface area contributed by atoms with E-state index in [1.165, 1.54) is 6.07 Å². The Bertz CT molecular complexity index is 651. The molecule has 0 atom stereocenters. The predicted molar refractivity (Wildman–Crippen MR) is 79.1 cm³/mol. The van der Waals surface area contributed by atoms with E-state index in [4.69, 9.17) is 23.1 Å². The highest BCUT2D eigenvalue weighted by Crippen LogP contribution is 2.22. The summed E-state index contributed by atoms with van der Waals surface area (Å²) in [5.74, 6) is -0.462. The molecule has 0 aliphatic heterocycles. The Hall–Kier alpha value is -2.00. The fraction of sp³-hybridized carbons (Fsp3) is 0.0667. The van der Waals surface area contributed by atoms with Crippen molar-refractivity contribution >= 4 is 29.1 Å². The molecule has 2 rings (SSSR count). The SMILES string of the molecule is Cc1cc(/C(N)=C/c2cccc(N)c2F)ccc1Cl. The summed E-state index contributed by atoms with van der Waals surface area (Å²) in [7, 11) is 0. The smallest absolute Gasteiger partial charge is 0.153 e. The van der Waals surface area contributed by atoms with Gasteiger partial charge >= 0.3 is 0 Å². The zero-order valence-electron chi connectivity index (χ0n) is 10.5. The van der Waals surface area contributed by atoms with Crippen molar-refractivity contribution in [3.05, 3.63) is 63.9 Å². The second-order valence-electron chi connectivity index (χ2n) is 4.31. The van der Waals surface area contributed by atoms with Crippen LogP contribution in [0.4, 0.5) is 10.1 Å². The minimum Gasteiger partial charge on any atom is -0.398 e. The Morgan fingerprint density at radius 3 is 2.68 bits per heavy atom. The average Bonchev–Trinajstić information content (AvgIpc) is 2.38. The Morgan fingerprint density at radius 2 is 2.00 bits per heavy atom. The molecule has 2 aromatic carbocycles. The maximum atomic E-state index is 13.8. The first-order chi connectivity index (χ1) is 8.99. The lowest BCUT2D eigenvalue weighted by molar-refractivity contribution is 0.630. The Labute approximate surface area is 116 Å². The van der Waals surface area contributed by atoms with Crippen molar-refractivity contribution in [3.63, 3.8) is 0 Å². The number of aryl methyl sites for hydroxylation is 1. The van der Waals surface area contributed by atoms with Crippen molar-refractivity contribution in [2.45, 2.75) is 6.92 Å². The molecule has 0 aromatic heterocycles. The van der Waals surface area contributed by atoms with Crippen LogP contribution in [0.25, 0.3) is 11.8 Å². The molecule has 0 saturated heterocycles. The highest BCUT2D eigenvalue weighted by molar-refractivity contribution is 6.31. The van der Waals surface area contributed by atoms with E-state index in [0.717, 1.165) is 11.1 Å². The van der Waals surface area contributed by atoms with Crippen molar-refractivity contribution in [3.8, 4) is 0 Å². The molecule has 0 radical (unpaired) electrons. The second-order valence-corrected chi connectivity index (χ2v) is 4.72. The number of nitrogen functional groups attached to an aromatic ring is 1. The number of halogens is 2. The lowest BCUT2D eigenvalue weighted by atomic mass is 10.1. The van der Waals surface area contributed by atoms with Gasteiger partial charge in [-0.2, -0.15) is 0 Å². The summed E-state index contributed by atoms with van der Waals surface area (Å²) in [5.41, 5.74) is 14.1. The summed E-state index contributed by atoms with van der Waals surface area (Å²) in [4.78, 5) is 0. The van der Waals surface area contributed by atoms with Gasteiger partial charge < -0.3 is 11.5 Å². The lowest BCUT2D eigenvalue weighted by Gasteiger charge is -2.06. The second kappa shape index (κ2) is 5.33. The molecule has 4 heteroatoms. The third-order valence-electron chi connectivity index (χ3n) is 2.86. The maximum absolute atomic E-state index is 13.8. The molecule has 0 bridgehead atoms. The van der Waals surface area contributed by atoms with Gasteiger partial charge in [-0.05, 0) is 42.3 Å². The van der Waals surface area contributed by atoms with Gasteiger partial charge in [-0.1, -0.05) is 29.8 Å². The first-order valence-corrected chi connectivity index (χ1v) is 6.14. The molecule has 19 heavy (non-hydrogen) atoms. The molecule has 0 saturated carbocycles. The summed E-state index contributed by atoms with van der Waals surface area (Å²) in [5, 5.41) is 0.673. The van der Waals surface area contributed by atoms with Gasteiger partial charge in [0.25, 0.3) is 0 Å². The van der Waals surface area contributed by atoms with Gasteiger partial charge in [0, 0.05) is 16.3 Å². The highest BCUT2D eigenvalue weighted by Gasteiger charge is 2.05. The van der Waals surface area contributed by atoms with Crippen molar-refractivity contribution < 1.29 is 4.39 Å². The number of hydrogen-bond acceptors (Lipinski definition) is 2. The molecular weight excluding hydrogens is 263 g/mol. The van der Waals surface area contributed by atoms with E-state index in [1.54, 1.807) is 30.3 Å². The number of hydrogen-bond donors (Lipinski definition) is 2. The summed E-state index contributed by atoms with van der Waals surface area (Å²) in [6.45, 7) is 1.89. The highest BCUT2D eigenvalue weighted by atomic mass is 35.5. The van der Waals surface area contributed by atoms with Crippen molar-refractivity contribution in [2.75, 3.05) is 5.73 Å². The molecule has 0 heterocycles. The summed E-state index contributed by atoms with van der Waals surface area (Å²) < 4.78 is 13.8. The molecule has 0 fully saturated rings. The van der Waals surface area contributed by atoms with Gasteiger partial charge in [0.2, 0.25) is 0 Å². The van der Waals surface area contributed by atoms with Gasteiger partial charge in [-0.15, -0.1) is 0 Å². The molecule has 0 aliphatic carbocycles. The normalized spacial score (nSPS) is 11.6. The van der Waals surface area contributed by atoms with Crippen molar-refractivity contribution in [1.29, 1.82) is 0 Å². The van der Waals surface area contributed by atoms with Crippen LogP contribution in [-0.2, 0) is 0 Å². The van der Waals surface area contributed by atoms with E-state index in [9.17, 15) is 4.39 Å². The zero-order chi connectivity index (χ0) is 14.0. The van der Waals surface area contributed by atoms with Crippen LogP contribution in [0.2, 0.25) is 5.02 Å². The molecule has 98 valence electrons. The number of rotatable bonds is 2. The zero-order valence-corrected chi connectivity index (χ0v) is 11.2. The van der Waals surface area contributed by atoms with Crippen LogP contribution in [0, 0.1) is 12.7 Å². The Kier molecular flexibility index (Phi) is 3.76. The van der Waals surface area contributed by atoms with Crippen LogP contribution < -0.4 is 11.5 Å². The Morgan fingerprint density at radius 1 is 1.26 bits per heavy atom. The molecule has 0 spiro atoms. The average molecular weight is 277 g/mol. The molecular formula is C15H14ClFN2. The van der Waals surface area contributed by atoms with E-state index in [2.05, 4.69) is 0 Å². The monoisotopic (exact) mass is 276 g/mol. The molecule has 4 N–H and O–H groups in total. The number of nitrogens with two attached hydrogens (primary N) is 2. The number of anilines is 1. The van der Waals surface area contributed by atoms with Crippen LogP contribution >= 0.6 is 11.6 Å². The standard InChI is InChI=1S/C15H14ClFN2/c1-9-7-10(5-6-12(9)16)14(19)8-11-3-2-4-13(18)15(11)17/h2-8H,18-19H2,1H3/b14-8-. The van der Waals surface area contributed by atoms with Crippen LogP contribution in [0.5, 0.6) is 0 Å². The van der Waals surface area contributed by atoms with Gasteiger partial charge in [0.1, 0.15) is 0 Å². The van der Waals surface area contributed by atoms with Gasteiger partial charge in [-0.3, -0.25) is 0 Å².